The predicted octanol–water partition coefficient (Wildman–Crippen LogP) is 0.859. The number of aromatic nitrogens is 4. The Morgan fingerprint density at radius 3 is 3.00 bits per heavy atom. The standard InChI is InChI=1S/C9H8N4O2/c14-9(15)8-11-6-3-4-10-12-7(6)13(8)5-1-2-5/h3-5H,1-2H2,(H,14,15). The van der Waals surface area contributed by atoms with Gasteiger partial charge >= 0.3 is 5.97 Å². The summed E-state index contributed by atoms with van der Waals surface area (Å²) in [5.74, 6) is -0.951. The van der Waals surface area contributed by atoms with Crippen molar-refractivity contribution in [3.8, 4) is 0 Å². The minimum absolute atomic E-state index is 0.0630. The predicted molar refractivity (Wildman–Crippen MR) is 50.6 cm³/mol. The van der Waals surface area contributed by atoms with Crippen LogP contribution in [0, 0.1) is 0 Å². The van der Waals surface area contributed by atoms with Crippen molar-refractivity contribution in [2.24, 2.45) is 0 Å². The lowest BCUT2D eigenvalue weighted by Crippen LogP contribution is -2.08. The molecule has 2 aromatic heterocycles. The summed E-state index contributed by atoms with van der Waals surface area (Å²) < 4.78 is 1.67. The Labute approximate surface area is 84.6 Å². The highest BCUT2D eigenvalue weighted by atomic mass is 16.4. The van der Waals surface area contributed by atoms with E-state index in [2.05, 4.69) is 15.2 Å². The second kappa shape index (κ2) is 2.75. The number of carboxylic acids is 1. The fourth-order valence-electron chi connectivity index (χ4n) is 1.67. The van der Waals surface area contributed by atoms with Crippen LogP contribution in [0.1, 0.15) is 29.5 Å². The lowest BCUT2D eigenvalue weighted by molar-refractivity contribution is 0.0678. The Morgan fingerprint density at radius 1 is 1.53 bits per heavy atom. The molecule has 15 heavy (non-hydrogen) atoms. The molecule has 6 heteroatoms. The van der Waals surface area contributed by atoms with Gasteiger partial charge in [0.15, 0.2) is 5.65 Å². The molecular formula is C9H8N4O2. The zero-order valence-corrected chi connectivity index (χ0v) is 7.79. The summed E-state index contributed by atoms with van der Waals surface area (Å²) in [5.41, 5.74) is 1.16. The molecule has 1 fully saturated rings. The maximum absolute atomic E-state index is 11.0. The van der Waals surface area contributed by atoms with Crippen molar-refractivity contribution in [2.45, 2.75) is 18.9 Å². The van der Waals surface area contributed by atoms with E-state index in [1.165, 1.54) is 6.20 Å². The number of aromatic carboxylic acids is 1. The number of carbonyl (C=O) groups is 1. The van der Waals surface area contributed by atoms with E-state index < -0.39 is 5.97 Å². The van der Waals surface area contributed by atoms with Crippen LogP contribution in [-0.4, -0.2) is 30.8 Å². The largest absolute Gasteiger partial charge is 0.475 e. The zero-order valence-electron chi connectivity index (χ0n) is 7.79. The van der Waals surface area contributed by atoms with E-state index in [0.717, 1.165) is 12.8 Å². The highest BCUT2D eigenvalue weighted by Gasteiger charge is 2.31. The molecule has 6 nitrogen and oxygen atoms in total. The van der Waals surface area contributed by atoms with E-state index in [-0.39, 0.29) is 11.9 Å². The van der Waals surface area contributed by atoms with Crippen LogP contribution in [0.4, 0.5) is 0 Å². The number of hydrogen-bond acceptors (Lipinski definition) is 4. The highest BCUT2D eigenvalue weighted by molar-refractivity contribution is 5.88. The molecule has 2 heterocycles. The van der Waals surface area contributed by atoms with Gasteiger partial charge in [0.1, 0.15) is 5.52 Å². The third kappa shape index (κ3) is 1.18. The average molecular weight is 204 g/mol. The van der Waals surface area contributed by atoms with Crippen molar-refractivity contribution in [3.63, 3.8) is 0 Å². The molecule has 0 unspecified atom stereocenters. The smallest absolute Gasteiger partial charge is 0.372 e. The molecule has 1 aliphatic rings. The van der Waals surface area contributed by atoms with E-state index in [4.69, 9.17) is 5.11 Å². The minimum atomic E-state index is -1.01. The first-order valence-corrected chi connectivity index (χ1v) is 4.70. The second-order valence-electron chi connectivity index (χ2n) is 3.58. The summed E-state index contributed by atoms with van der Waals surface area (Å²) in [6.07, 6.45) is 3.49. The molecular weight excluding hydrogens is 196 g/mol. The maximum Gasteiger partial charge on any atom is 0.372 e. The highest BCUT2D eigenvalue weighted by Crippen LogP contribution is 2.37. The molecule has 0 atom stereocenters. The van der Waals surface area contributed by atoms with Gasteiger partial charge in [0.05, 0.1) is 6.20 Å². The Balaban J connectivity index is 2.33. The molecule has 0 amide bonds. The second-order valence-corrected chi connectivity index (χ2v) is 3.58. The van der Waals surface area contributed by atoms with E-state index >= 15 is 0 Å². The first-order chi connectivity index (χ1) is 7.27. The molecule has 1 N–H and O–H groups in total. The van der Waals surface area contributed by atoms with Gasteiger partial charge in [-0.25, -0.2) is 9.78 Å². The van der Waals surface area contributed by atoms with Crippen LogP contribution in [0.25, 0.3) is 11.2 Å². The molecule has 2 aromatic rings. The van der Waals surface area contributed by atoms with Crippen LogP contribution in [0.2, 0.25) is 0 Å². The van der Waals surface area contributed by atoms with Gasteiger partial charge in [0, 0.05) is 6.04 Å². The number of carboxylic acid groups (broad SMARTS) is 1. The number of nitrogens with zero attached hydrogens (tertiary/aromatic N) is 4. The van der Waals surface area contributed by atoms with E-state index in [1.54, 1.807) is 10.6 Å². The van der Waals surface area contributed by atoms with Crippen LogP contribution in [0.5, 0.6) is 0 Å². The summed E-state index contributed by atoms with van der Waals surface area (Å²) in [6.45, 7) is 0. The Hall–Kier alpha value is -1.98. The van der Waals surface area contributed by atoms with Gasteiger partial charge < -0.3 is 5.11 Å². The third-order valence-electron chi connectivity index (χ3n) is 2.47. The van der Waals surface area contributed by atoms with Crippen molar-refractivity contribution in [3.05, 3.63) is 18.1 Å². The summed E-state index contributed by atoms with van der Waals surface area (Å²) in [6, 6.07) is 1.91. The summed E-state index contributed by atoms with van der Waals surface area (Å²) in [7, 11) is 0. The normalized spacial score (nSPS) is 15.7. The zero-order chi connectivity index (χ0) is 10.4. The molecule has 3 rings (SSSR count). The lowest BCUT2D eigenvalue weighted by atomic mass is 10.5. The Morgan fingerprint density at radius 2 is 2.33 bits per heavy atom. The van der Waals surface area contributed by atoms with Crippen LogP contribution in [-0.2, 0) is 0 Å². The van der Waals surface area contributed by atoms with E-state index in [9.17, 15) is 4.79 Å². The average Bonchev–Trinajstić information content (AvgIpc) is 2.98. The molecule has 0 saturated heterocycles. The van der Waals surface area contributed by atoms with Crippen LogP contribution >= 0.6 is 0 Å². The van der Waals surface area contributed by atoms with Crippen molar-refractivity contribution in [1.29, 1.82) is 0 Å². The number of fused-ring (bicyclic) bond motifs is 1. The summed E-state index contributed by atoms with van der Waals surface area (Å²) >= 11 is 0. The molecule has 0 radical (unpaired) electrons. The first kappa shape index (κ1) is 8.34. The van der Waals surface area contributed by atoms with E-state index in [1.807, 2.05) is 0 Å². The van der Waals surface area contributed by atoms with Gasteiger partial charge in [-0.1, -0.05) is 0 Å². The molecule has 1 saturated carbocycles. The number of rotatable bonds is 2. The van der Waals surface area contributed by atoms with Crippen molar-refractivity contribution in [2.75, 3.05) is 0 Å². The minimum Gasteiger partial charge on any atom is -0.475 e. The Bertz CT molecular complexity index is 544. The number of imidazole rings is 1. The molecule has 0 aliphatic heterocycles. The molecule has 0 aromatic carbocycles. The topological polar surface area (TPSA) is 80.9 Å². The maximum atomic E-state index is 11.0. The molecule has 76 valence electrons. The molecule has 0 spiro atoms. The van der Waals surface area contributed by atoms with Gasteiger partial charge in [-0.3, -0.25) is 4.57 Å². The third-order valence-corrected chi connectivity index (χ3v) is 2.47. The first-order valence-electron chi connectivity index (χ1n) is 4.70. The SMILES string of the molecule is O=C(O)c1nc2ccnnc2n1C1CC1. The van der Waals surface area contributed by atoms with Crippen LogP contribution < -0.4 is 0 Å². The number of hydrogen-bond donors (Lipinski definition) is 1. The quantitative estimate of drug-likeness (QED) is 0.784. The van der Waals surface area contributed by atoms with Gasteiger partial charge in [-0.05, 0) is 18.9 Å². The van der Waals surface area contributed by atoms with Crippen molar-refractivity contribution < 1.29 is 9.90 Å². The lowest BCUT2D eigenvalue weighted by Gasteiger charge is -2.01. The van der Waals surface area contributed by atoms with Crippen LogP contribution in [0.3, 0.4) is 0 Å². The van der Waals surface area contributed by atoms with Crippen LogP contribution in [0.15, 0.2) is 12.3 Å². The van der Waals surface area contributed by atoms with Gasteiger partial charge in [-0.2, -0.15) is 5.10 Å². The fraction of sp³-hybridized carbons (Fsp3) is 0.333. The monoisotopic (exact) mass is 204 g/mol. The van der Waals surface area contributed by atoms with Crippen molar-refractivity contribution in [1.82, 2.24) is 19.7 Å². The van der Waals surface area contributed by atoms with Gasteiger partial charge in [0.2, 0.25) is 5.82 Å². The molecule has 0 bridgehead atoms. The van der Waals surface area contributed by atoms with Gasteiger partial charge in [-0.15, -0.1) is 5.10 Å². The fourth-order valence-corrected chi connectivity index (χ4v) is 1.67. The van der Waals surface area contributed by atoms with Gasteiger partial charge in [0.25, 0.3) is 0 Å². The molecule has 1 aliphatic carbocycles. The summed E-state index contributed by atoms with van der Waals surface area (Å²) in [5, 5.41) is 16.7. The Kier molecular flexibility index (Phi) is 1.53. The van der Waals surface area contributed by atoms with Crippen molar-refractivity contribution >= 4 is 17.1 Å². The summed E-state index contributed by atoms with van der Waals surface area (Å²) in [4.78, 5) is 15.0. The van der Waals surface area contributed by atoms with E-state index in [0.29, 0.717) is 11.2 Å².